The van der Waals surface area contributed by atoms with Crippen LogP contribution in [0.4, 0.5) is 32.0 Å². The van der Waals surface area contributed by atoms with Crippen molar-refractivity contribution in [3.63, 3.8) is 0 Å². The maximum Gasteiger partial charge on any atom is 0.573 e. The van der Waals surface area contributed by atoms with E-state index in [9.17, 15) is 36.5 Å². The first-order valence-corrected chi connectivity index (χ1v) is 4.28. The lowest BCUT2D eigenvalue weighted by molar-refractivity contribution is -0.385. The van der Waals surface area contributed by atoms with Gasteiger partial charge in [-0.05, 0) is 6.07 Å². The highest BCUT2D eigenvalue weighted by Gasteiger charge is 2.37. The predicted molar refractivity (Wildman–Crippen MR) is 46.5 cm³/mol. The summed E-state index contributed by atoms with van der Waals surface area (Å²) in [4.78, 5) is 9.22. The first-order chi connectivity index (χ1) is 8.48. The standard InChI is InChI=1S/C8H3F6NO4/c9-7(10,11)18-5-2-1-4(15(16)17)3-6(5)19-8(12,13)14/h1-3H. The summed E-state index contributed by atoms with van der Waals surface area (Å²) in [6, 6.07) is 1.07. The van der Waals surface area contributed by atoms with Gasteiger partial charge in [0.15, 0.2) is 11.5 Å². The number of hydrogen-bond donors (Lipinski definition) is 0. The van der Waals surface area contributed by atoms with E-state index in [1.165, 1.54) is 0 Å². The lowest BCUT2D eigenvalue weighted by Gasteiger charge is -2.14. The second-order valence-corrected chi connectivity index (χ2v) is 2.98. The summed E-state index contributed by atoms with van der Waals surface area (Å²) in [6.07, 6.45) is -10.6. The second-order valence-electron chi connectivity index (χ2n) is 2.98. The topological polar surface area (TPSA) is 61.6 Å². The second kappa shape index (κ2) is 4.82. The van der Waals surface area contributed by atoms with Gasteiger partial charge in [-0.3, -0.25) is 10.1 Å². The number of nitro benzene ring substituents is 1. The van der Waals surface area contributed by atoms with Crippen LogP contribution in [0.5, 0.6) is 11.5 Å². The molecule has 0 saturated heterocycles. The van der Waals surface area contributed by atoms with E-state index in [1.807, 2.05) is 0 Å². The molecule has 0 fully saturated rings. The molecule has 19 heavy (non-hydrogen) atoms. The van der Waals surface area contributed by atoms with Crippen LogP contribution in [-0.4, -0.2) is 17.6 Å². The molecule has 106 valence electrons. The Balaban J connectivity index is 3.19. The maximum absolute atomic E-state index is 12.0. The minimum atomic E-state index is -5.32. The van der Waals surface area contributed by atoms with Crippen molar-refractivity contribution in [1.29, 1.82) is 0 Å². The summed E-state index contributed by atoms with van der Waals surface area (Å²) in [5.41, 5.74) is -0.881. The molecular formula is C8H3F6NO4. The number of ether oxygens (including phenoxy) is 2. The summed E-state index contributed by atoms with van der Waals surface area (Å²) in [5, 5.41) is 10.3. The lowest BCUT2D eigenvalue weighted by Crippen LogP contribution is -2.21. The summed E-state index contributed by atoms with van der Waals surface area (Å²) < 4.78 is 78.1. The van der Waals surface area contributed by atoms with Crippen molar-refractivity contribution in [2.45, 2.75) is 12.7 Å². The minimum Gasteiger partial charge on any atom is -0.402 e. The van der Waals surface area contributed by atoms with Crippen LogP contribution in [0.15, 0.2) is 18.2 Å². The molecule has 1 aromatic rings. The number of nitro groups is 1. The quantitative estimate of drug-likeness (QED) is 0.486. The fraction of sp³-hybridized carbons (Fsp3) is 0.250. The summed E-state index contributed by atoms with van der Waals surface area (Å²) in [5.74, 6) is -2.80. The lowest BCUT2D eigenvalue weighted by atomic mass is 10.3. The first-order valence-electron chi connectivity index (χ1n) is 4.28. The first kappa shape index (κ1) is 14.9. The van der Waals surface area contributed by atoms with Gasteiger partial charge in [0, 0.05) is 6.07 Å². The molecular weight excluding hydrogens is 288 g/mol. The molecule has 11 heteroatoms. The minimum absolute atomic E-state index is 0.175. The van der Waals surface area contributed by atoms with E-state index in [4.69, 9.17) is 0 Å². The summed E-state index contributed by atoms with van der Waals surface area (Å²) in [7, 11) is 0. The Labute approximate surface area is 100 Å². The van der Waals surface area contributed by atoms with Gasteiger partial charge in [-0.1, -0.05) is 0 Å². The Morgan fingerprint density at radius 3 is 1.84 bits per heavy atom. The molecule has 0 unspecified atom stereocenters. The van der Waals surface area contributed by atoms with E-state index < -0.39 is 34.8 Å². The fourth-order valence-corrected chi connectivity index (χ4v) is 1.02. The largest absolute Gasteiger partial charge is 0.573 e. The molecule has 1 aromatic carbocycles. The molecule has 0 aliphatic carbocycles. The van der Waals surface area contributed by atoms with Gasteiger partial charge in [-0.25, -0.2) is 0 Å². The van der Waals surface area contributed by atoms with Gasteiger partial charge < -0.3 is 9.47 Å². The van der Waals surface area contributed by atoms with Gasteiger partial charge in [0.2, 0.25) is 0 Å². The summed E-state index contributed by atoms with van der Waals surface area (Å²) in [6.45, 7) is 0. The van der Waals surface area contributed by atoms with Gasteiger partial charge in [0.05, 0.1) is 11.0 Å². The Bertz CT molecular complexity index is 483. The van der Waals surface area contributed by atoms with Crippen LogP contribution in [0.2, 0.25) is 0 Å². The van der Waals surface area contributed by atoms with E-state index in [0.29, 0.717) is 12.1 Å². The van der Waals surface area contributed by atoms with Gasteiger partial charge in [0.1, 0.15) is 0 Å². The molecule has 0 aliphatic heterocycles. The highest BCUT2D eigenvalue weighted by atomic mass is 19.4. The molecule has 0 aliphatic rings. The summed E-state index contributed by atoms with van der Waals surface area (Å²) >= 11 is 0. The normalized spacial score (nSPS) is 12.1. The van der Waals surface area contributed by atoms with E-state index >= 15 is 0 Å². The fourth-order valence-electron chi connectivity index (χ4n) is 1.02. The Morgan fingerprint density at radius 2 is 1.42 bits per heavy atom. The van der Waals surface area contributed by atoms with Crippen molar-refractivity contribution in [3.05, 3.63) is 28.3 Å². The molecule has 0 radical (unpaired) electrons. The number of rotatable bonds is 3. The average Bonchev–Trinajstić information content (AvgIpc) is 2.15. The molecule has 0 amide bonds. The number of alkyl halides is 6. The smallest absolute Gasteiger partial charge is 0.402 e. The number of halogens is 6. The Kier molecular flexibility index (Phi) is 3.77. The SMILES string of the molecule is O=[N+]([O-])c1ccc(OC(F)(F)F)c(OC(F)(F)F)c1. The van der Waals surface area contributed by atoms with Gasteiger partial charge in [-0.2, -0.15) is 0 Å². The van der Waals surface area contributed by atoms with Crippen LogP contribution in [0.3, 0.4) is 0 Å². The van der Waals surface area contributed by atoms with Crippen LogP contribution in [-0.2, 0) is 0 Å². The predicted octanol–water partition coefficient (Wildman–Crippen LogP) is 3.39. The molecule has 0 bridgehead atoms. The van der Waals surface area contributed by atoms with Gasteiger partial charge in [0.25, 0.3) is 5.69 Å². The van der Waals surface area contributed by atoms with E-state index in [1.54, 1.807) is 0 Å². The highest BCUT2D eigenvalue weighted by molar-refractivity contribution is 5.48. The molecule has 5 nitrogen and oxygen atoms in total. The van der Waals surface area contributed by atoms with Crippen molar-refractivity contribution in [2.24, 2.45) is 0 Å². The van der Waals surface area contributed by atoms with Crippen molar-refractivity contribution < 1.29 is 40.7 Å². The number of hydrogen-bond acceptors (Lipinski definition) is 4. The molecule has 0 spiro atoms. The van der Waals surface area contributed by atoms with Crippen LogP contribution in [0, 0.1) is 10.1 Å². The number of nitrogens with zero attached hydrogens (tertiary/aromatic N) is 1. The van der Waals surface area contributed by atoms with Crippen LogP contribution < -0.4 is 9.47 Å². The molecule has 0 aromatic heterocycles. The number of benzene rings is 1. The molecule has 1 rings (SSSR count). The van der Waals surface area contributed by atoms with E-state index in [-0.39, 0.29) is 6.07 Å². The van der Waals surface area contributed by atoms with Crippen LogP contribution >= 0.6 is 0 Å². The van der Waals surface area contributed by atoms with Crippen molar-refractivity contribution in [1.82, 2.24) is 0 Å². The Hall–Kier alpha value is -2.20. The third kappa shape index (κ3) is 4.89. The van der Waals surface area contributed by atoms with E-state index in [2.05, 4.69) is 9.47 Å². The van der Waals surface area contributed by atoms with Crippen molar-refractivity contribution in [3.8, 4) is 11.5 Å². The Morgan fingerprint density at radius 1 is 0.947 bits per heavy atom. The van der Waals surface area contributed by atoms with E-state index in [0.717, 1.165) is 0 Å². The zero-order valence-electron chi connectivity index (χ0n) is 8.58. The average molecular weight is 291 g/mol. The number of non-ortho nitro benzene ring substituents is 1. The van der Waals surface area contributed by atoms with Gasteiger partial charge in [-0.15, -0.1) is 26.3 Å². The van der Waals surface area contributed by atoms with Crippen molar-refractivity contribution >= 4 is 5.69 Å². The molecule has 0 saturated carbocycles. The van der Waals surface area contributed by atoms with Crippen LogP contribution in [0.1, 0.15) is 0 Å². The zero-order valence-corrected chi connectivity index (χ0v) is 8.58. The molecule has 0 N–H and O–H groups in total. The van der Waals surface area contributed by atoms with Crippen molar-refractivity contribution in [2.75, 3.05) is 0 Å². The third-order valence-corrected chi connectivity index (χ3v) is 1.59. The van der Waals surface area contributed by atoms with Crippen LogP contribution in [0.25, 0.3) is 0 Å². The third-order valence-electron chi connectivity index (χ3n) is 1.59. The molecule has 0 atom stereocenters. The monoisotopic (exact) mass is 291 g/mol. The maximum atomic E-state index is 12.0. The zero-order chi connectivity index (χ0) is 14.8. The highest BCUT2D eigenvalue weighted by Crippen LogP contribution is 2.37. The van der Waals surface area contributed by atoms with Gasteiger partial charge >= 0.3 is 12.7 Å². The molecule has 0 heterocycles.